The highest BCUT2D eigenvalue weighted by atomic mass is 32.2. The zero-order chi connectivity index (χ0) is 18.4. The van der Waals surface area contributed by atoms with Gasteiger partial charge in [0.1, 0.15) is 5.82 Å². The van der Waals surface area contributed by atoms with Crippen molar-refractivity contribution in [3.8, 4) is 0 Å². The van der Waals surface area contributed by atoms with Gasteiger partial charge in [-0.3, -0.25) is 0 Å². The van der Waals surface area contributed by atoms with E-state index < -0.39 is 10.0 Å². The van der Waals surface area contributed by atoms with Gasteiger partial charge in [0.2, 0.25) is 10.0 Å². The van der Waals surface area contributed by atoms with Crippen molar-refractivity contribution in [3.05, 3.63) is 30.1 Å². The van der Waals surface area contributed by atoms with Crippen molar-refractivity contribution in [3.63, 3.8) is 0 Å². The number of carbonyl (C=O) groups is 1. The molecule has 6 nitrogen and oxygen atoms in total. The number of hydrogen-bond donors (Lipinski definition) is 2. The average molecular weight is 371 g/mol. The van der Waals surface area contributed by atoms with E-state index in [1.165, 1.54) is 24.3 Å². The van der Waals surface area contributed by atoms with Crippen molar-refractivity contribution in [1.29, 1.82) is 0 Å². The van der Waals surface area contributed by atoms with Gasteiger partial charge < -0.3 is 10.2 Å². The molecule has 2 amide bonds. The van der Waals surface area contributed by atoms with E-state index in [-0.39, 0.29) is 29.4 Å². The summed E-state index contributed by atoms with van der Waals surface area (Å²) in [5.74, 6) is 0.108. The maximum atomic E-state index is 12.9. The summed E-state index contributed by atoms with van der Waals surface area (Å²) >= 11 is 0. The quantitative estimate of drug-likeness (QED) is 0.807. The second-order valence-electron chi connectivity index (χ2n) is 6.89. The molecule has 1 aromatic rings. The number of halogens is 1. The Morgan fingerprint density at radius 1 is 1.24 bits per heavy atom. The lowest BCUT2D eigenvalue weighted by Gasteiger charge is -2.32. The van der Waals surface area contributed by atoms with E-state index in [9.17, 15) is 17.6 Å². The number of anilines is 1. The van der Waals surface area contributed by atoms with Crippen LogP contribution in [0.25, 0.3) is 0 Å². The van der Waals surface area contributed by atoms with Crippen molar-refractivity contribution < 1.29 is 17.6 Å². The molecule has 2 N–H and O–H groups in total. The Bertz CT molecular complexity index is 669. The molecule has 140 valence electrons. The van der Waals surface area contributed by atoms with Crippen LogP contribution in [-0.4, -0.2) is 44.7 Å². The summed E-state index contributed by atoms with van der Waals surface area (Å²) in [6.07, 6.45) is 1.50. The number of carbonyl (C=O) groups excluding carboxylic acids is 1. The van der Waals surface area contributed by atoms with Crippen LogP contribution in [0.4, 0.5) is 14.9 Å². The van der Waals surface area contributed by atoms with Crippen molar-refractivity contribution in [2.45, 2.75) is 26.7 Å². The Hall–Kier alpha value is -1.67. The van der Waals surface area contributed by atoms with Crippen LogP contribution in [0.1, 0.15) is 26.7 Å². The van der Waals surface area contributed by atoms with Gasteiger partial charge in [-0.05, 0) is 48.9 Å². The smallest absolute Gasteiger partial charge is 0.321 e. The SMILES string of the molecule is CC(C)CS(=O)(=O)NCC1CCN(C(=O)Nc2ccc(F)cc2)CC1. The van der Waals surface area contributed by atoms with Gasteiger partial charge >= 0.3 is 6.03 Å². The fraction of sp³-hybridized carbons (Fsp3) is 0.588. The maximum absolute atomic E-state index is 12.9. The molecule has 0 spiro atoms. The van der Waals surface area contributed by atoms with Crippen LogP contribution in [0, 0.1) is 17.7 Å². The Labute approximate surface area is 148 Å². The number of urea groups is 1. The van der Waals surface area contributed by atoms with Crippen LogP contribution < -0.4 is 10.0 Å². The predicted octanol–water partition coefficient (Wildman–Crippen LogP) is 2.65. The summed E-state index contributed by atoms with van der Waals surface area (Å²) < 4.78 is 39.3. The third-order valence-electron chi connectivity index (χ3n) is 4.14. The van der Waals surface area contributed by atoms with E-state index in [0.29, 0.717) is 25.3 Å². The summed E-state index contributed by atoms with van der Waals surface area (Å²) in [4.78, 5) is 13.9. The lowest BCUT2D eigenvalue weighted by atomic mass is 9.97. The highest BCUT2D eigenvalue weighted by molar-refractivity contribution is 7.89. The zero-order valence-corrected chi connectivity index (χ0v) is 15.5. The van der Waals surface area contributed by atoms with E-state index in [1.807, 2.05) is 13.8 Å². The highest BCUT2D eigenvalue weighted by Crippen LogP contribution is 2.18. The molecular formula is C17H26FN3O3S. The Morgan fingerprint density at radius 2 is 1.84 bits per heavy atom. The Kier molecular flexibility index (Phi) is 6.78. The molecule has 0 aromatic heterocycles. The van der Waals surface area contributed by atoms with Crippen LogP contribution >= 0.6 is 0 Å². The first-order valence-corrected chi connectivity index (χ1v) is 10.2. The minimum absolute atomic E-state index is 0.0921. The molecule has 25 heavy (non-hydrogen) atoms. The zero-order valence-electron chi connectivity index (χ0n) is 14.7. The fourth-order valence-electron chi connectivity index (χ4n) is 2.82. The van der Waals surface area contributed by atoms with Gasteiger partial charge in [0.15, 0.2) is 0 Å². The Balaban J connectivity index is 1.75. The van der Waals surface area contributed by atoms with Gasteiger partial charge in [0, 0.05) is 25.3 Å². The van der Waals surface area contributed by atoms with E-state index in [2.05, 4.69) is 10.0 Å². The maximum Gasteiger partial charge on any atom is 0.321 e. The highest BCUT2D eigenvalue weighted by Gasteiger charge is 2.24. The molecule has 1 aliphatic heterocycles. The molecule has 1 aromatic carbocycles. The molecule has 0 unspecified atom stereocenters. The summed E-state index contributed by atoms with van der Waals surface area (Å²) in [6.45, 7) is 5.31. The third kappa shape index (κ3) is 6.62. The minimum Gasteiger partial charge on any atom is -0.325 e. The van der Waals surface area contributed by atoms with Crippen molar-refractivity contribution in [2.24, 2.45) is 11.8 Å². The molecule has 0 bridgehead atoms. The van der Waals surface area contributed by atoms with Crippen molar-refractivity contribution in [2.75, 3.05) is 30.7 Å². The van der Waals surface area contributed by atoms with Gasteiger partial charge in [0.25, 0.3) is 0 Å². The Morgan fingerprint density at radius 3 is 2.40 bits per heavy atom. The molecule has 1 saturated heterocycles. The van der Waals surface area contributed by atoms with E-state index in [1.54, 1.807) is 4.90 Å². The van der Waals surface area contributed by atoms with Crippen molar-refractivity contribution >= 4 is 21.7 Å². The number of rotatable bonds is 6. The van der Waals surface area contributed by atoms with Crippen LogP contribution in [0.3, 0.4) is 0 Å². The van der Waals surface area contributed by atoms with E-state index >= 15 is 0 Å². The first-order valence-electron chi connectivity index (χ1n) is 8.54. The monoisotopic (exact) mass is 371 g/mol. The number of nitrogens with zero attached hydrogens (tertiary/aromatic N) is 1. The number of benzene rings is 1. The summed E-state index contributed by atoms with van der Waals surface area (Å²) in [5, 5.41) is 2.74. The van der Waals surface area contributed by atoms with Gasteiger partial charge in [0.05, 0.1) is 5.75 Å². The molecule has 8 heteroatoms. The number of amides is 2. The molecule has 0 aliphatic carbocycles. The lowest BCUT2D eigenvalue weighted by Crippen LogP contribution is -2.43. The van der Waals surface area contributed by atoms with Gasteiger partial charge in [-0.15, -0.1) is 0 Å². The molecule has 0 atom stereocenters. The standard InChI is InChI=1S/C17H26FN3O3S/c1-13(2)12-25(23,24)19-11-14-7-9-21(10-8-14)17(22)20-16-5-3-15(18)4-6-16/h3-6,13-14,19H,7-12H2,1-2H3,(H,20,22). The molecule has 1 fully saturated rings. The normalized spacial score (nSPS) is 16.2. The predicted molar refractivity (Wildman–Crippen MR) is 96.3 cm³/mol. The molecule has 0 radical (unpaired) electrons. The van der Waals surface area contributed by atoms with Gasteiger partial charge in [-0.1, -0.05) is 13.8 Å². The number of likely N-dealkylation sites (tertiary alicyclic amines) is 1. The molecule has 1 heterocycles. The summed E-state index contributed by atoms with van der Waals surface area (Å²) in [7, 11) is -3.23. The second kappa shape index (κ2) is 8.62. The van der Waals surface area contributed by atoms with Crippen LogP contribution in [0.2, 0.25) is 0 Å². The van der Waals surface area contributed by atoms with E-state index in [4.69, 9.17) is 0 Å². The van der Waals surface area contributed by atoms with E-state index in [0.717, 1.165) is 12.8 Å². The second-order valence-corrected chi connectivity index (χ2v) is 8.74. The lowest BCUT2D eigenvalue weighted by molar-refractivity contribution is 0.183. The summed E-state index contributed by atoms with van der Waals surface area (Å²) in [5.41, 5.74) is 0.551. The van der Waals surface area contributed by atoms with Gasteiger partial charge in [-0.25, -0.2) is 22.3 Å². The third-order valence-corrected chi connectivity index (χ3v) is 5.85. The molecule has 1 aliphatic rings. The average Bonchev–Trinajstić information content (AvgIpc) is 2.54. The number of nitrogens with one attached hydrogen (secondary N) is 2. The number of sulfonamides is 1. The van der Waals surface area contributed by atoms with Crippen LogP contribution in [0.15, 0.2) is 24.3 Å². The topological polar surface area (TPSA) is 78.5 Å². The minimum atomic E-state index is -3.23. The molecule has 0 saturated carbocycles. The fourth-order valence-corrected chi connectivity index (χ4v) is 4.30. The first kappa shape index (κ1) is 19.7. The molecular weight excluding hydrogens is 345 g/mol. The van der Waals surface area contributed by atoms with Gasteiger partial charge in [-0.2, -0.15) is 0 Å². The van der Waals surface area contributed by atoms with Crippen molar-refractivity contribution in [1.82, 2.24) is 9.62 Å². The van der Waals surface area contributed by atoms with Crippen LogP contribution in [-0.2, 0) is 10.0 Å². The molecule has 2 rings (SSSR count). The number of piperidine rings is 1. The summed E-state index contributed by atoms with van der Waals surface area (Å²) in [6, 6.07) is 5.41. The largest absolute Gasteiger partial charge is 0.325 e. The number of hydrogen-bond acceptors (Lipinski definition) is 3. The first-order chi connectivity index (χ1) is 11.7. The van der Waals surface area contributed by atoms with Crippen LogP contribution in [0.5, 0.6) is 0 Å².